The van der Waals surface area contributed by atoms with E-state index in [9.17, 15) is 0 Å². The zero-order valence-corrected chi connectivity index (χ0v) is 33.1. The van der Waals surface area contributed by atoms with Gasteiger partial charge >= 0.3 is 0 Å². The molecule has 0 amide bonds. The zero-order chi connectivity index (χ0) is 40.3. The van der Waals surface area contributed by atoms with E-state index in [1.54, 1.807) is 0 Å². The van der Waals surface area contributed by atoms with Crippen LogP contribution in [0.2, 0.25) is 0 Å². The predicted molar refractivity (Wildman–Crippen MR) is 254 cm³/mol. The van der Waals surface area contributed by atoms with Crippen LogP contribution in [0.4, 0.5) is 0 Å². The van der Waals surface area contributed by atoms with Gasteiger partial charge in [-0.2, -0.15) is 0 Å². The van der Waals surface area contributed by atoms with Crippen molar-refractivity contribution in [3.63, 3.8) is 0 Å². The number of fused-ring (bicyclic) bond motifs is 7. The van der Waals surface area contributed by atoms with Gasteiger partial charge in [0.05, 0.1) is 11.0 Å². The highest BCUT2D eigenvalue weighted by molar-refractivity contribution is 6.22. The van der Waals surface area contributed by atoms with Gasteiger partial charge in [-0.1, -0.05) is 164 Å². The Labute approximate surface area is 352 Å². The smallest absolute Gasteiger partial charge is 0.164 e. The van der Waals surface area contributed by atoms with Crippen LogP contribution in [0.1, 0.15) is 0 Å². The number of para-hydroxylation sites is 1. The number of hydrogen-bond acceptors (Lipinski definition) is 3. The summed E-state index contributed by atoms with van der Waals surface area (Å²) in [6, 6.07) is 77.8. The topological polar surface area (TPSA) is 43.6 Å². The number of rotatable bonds is 6. The van der Waals surface area contributed by atoms with Crippen LogP contribution >= 0.6 is 0 Å². The Morgan fingerprint density at radius 2 is 0.770 bits per heavy atom. The number of benzene rings is 10. The van der Waals surface area contributed by atoms with Crippen molar-refractivity contribution in [3.05, 3.63) is 218 Å². The molecule has 0 saturated carbocycles. The summed E-state index contributed by atoms with van der Waals surface area (Å²) in [6.07, 6.45) is 0. The van der Waals surface area contributed by atoms with Crippen molar-refractivity contribution in [2.45, 2.75) is 0 Å². The van der Waals surface area contributed by atoms with Crippen LogP contribution in [0, 0.1) is 0 Å². The standard InChI is InChI=1S/C57H36N4/c1-3-13-39(14-4-1)55-58-56(40-15-5-2-6-16-40)60-57(59-55)41-28-31-47(32-29-41)61-52-21-10-9-19-50(52)54-51-36-45(23-22-38(51)30-33-53(54)61)43-24-25-44-35-46(27-26-42(44)34-43)49-20-11-17-37-12-7-8-18-48(37)49/h1-36H. The third kappa shape index (κ3) is 6.04. The SMILES string of the molecule is c1ccc(-c2nc(-c3ccccc3)nc(-c3ccc(-n4c5ccccc5c5c6cc(-c7ccc8cc(-c9cccc%10ccccc9%10)ccc8c7)ccc6ccc54)cc3)n2)cc1. The Hall–Kier alpha value is -8.21. The molecular weight excluding hydrogens is 741 g/mol. The Morgan fingerprint density at radius 3 is 1.48 bits per heavy atom. The highest BCUT2D eigenvalue weighted by Gasteiger charge is 2.17. The average molecular weight is 777 g/mol. The normalized spacial score (nSPS) is 11.6. The summed E-state index contributed by atoms with van der Waals surface area (Å²) in [5, 5.41) is 9.91. The number of nitrogens with zero attached hydrogens (tertiary/aromatic N) is 4. The first kappa shape index (κ1) is 34.8. The molecule has 0 aliphatic heterocycles. The van der Waals surface area contributed by atoms with E-state index >= 15 is 0 Å². The van der Waals surface area contributed by atoms with Gasteiger partial charge in [-0.25, -0.2) is 15.0 Å². The minimum absolute atomic E-state index is 0.638. The van der Waals surface area contributed by atoms with Gasteiger partial charge in [-0.15, -0.1) is 0 Å². The predicted octanol–water partition coefficient (Wildman–Crippen LogP) is 14.8. The van der Waals surface area contributed by atoms with Crippen LogP contribution in [-0.2, 0) is 0 Å². The highest BCUT2D eigenvalue weighted by Crippen LogP contribution is 2.40. The molecule has 10 aromatic carbocycles. The van der Waals surface area contributed by atoms with Crippen LogP contribution in [0.3, 0.4) is 0 Å². The second-order valence-electron chi connectivity index (χ2n) is 15.6. The highest BCUT2D eigenvalue weighted by atomic mass is 15.0. The van der Waals surface area contributed by atoms with Crippen molar-refractivity contribution < 1.29 is 0 Å². The van der Waals surface area contributed by atoms with E-state index in [1.807, 2.05) is 60.7 Å². The minimum atomic E-state index is 0.638. The third-order valence-corrected chi connectivity index (χ3v) is 12.0. The maximum absolute atomic E-state index is 4.97. The fourth-order valence-corrected chi connectivity index (χ4v) is 9.01. The third-order valence-electron chi connectivity index (χ3n) is 12.0. The lowest BCUT2D eigenvalue weighted by molar-refractivity contribution is 1.07. The molecule has 2 aromatic heterocycles. The molecule has 0 bridgehead atoms. The van der Waals surface area contributed by atoms with Crippen molar-refractivity contribution in [3.8, 4) is 62.1 Å². The molecule has 0 aliphatic carbocycles. The number of hydrogen-bond donors (Lipinski definition) is 0. The van der Waals surface area contributed by atoms with Gasteiger partial charge in [-0.05, 0) is 109 Å². The summed E-state index contributed by atoms with van der Waals surface area (Å²) >= 11 is 0. The summed E-state index contributed by atoms with van der Waals surface area (Å²) in [6.45, 7) is 0. The molecule has 0 spiro atoms. The maximum atomic E-state index is 4.97. The molecular formula is C57H36N4. The molecule has 0 saturated heterocycles. The minimum Gasteiger partial charge on any atom is -0.309 e. The molecule has 4 nitrogen and oxygen atoms in total. The summed E-state index contributed by atoms with van der Waals surface area (Å²) in [7, 11) is 0. The molecule has 12 aromatic rings. The van der Waals surface area contributed by atoms with E-state index in [1.165, 1.54) is 65.3 Å². The largest absolute Gasteiger partial charge is 0.309 e. The van der Waals surface area contributed by atoms with Gasteiger partial charge in [0.15, 0.2) is 17.5 Å². The lowest BCUT2D eigenvalue weighted by Gasteiger charge is -2.11. The molecule has 0 unspecified atom stereocenters. The van der Waals surface area contributed by atoms with Crippen molar-refractivity contribution in [1.82, 2.24) is 19.5 Å². The molecule has 12 rings (SSSR count). The first-order valence-corrected chi connectivity index (χ1v) is 20.7. The van der Waals surface area contributed by atoms with E-state index in [-0.39, 0.29) is 0 Å². The van der Waals surface area contributed by atoms with Crippen molar-refractivity contribution in [2.75, 3.05) is 0 Å². The second kappa shape index (κ2) is 14.3. The zero-order valence-electron chi connectivity index (χ0n) is 33.1. The van der Waals surface area contributed by atoms with Crippen molar-refractivity contribution >= 4 is 54.1 Å². The van der Waals surface area contributed by atoms with Gasteiger partial charge in [0, 0.05) is 33.2 Å². The Balaban J connectivity index is 0.939. The molecule has 284 valence electrons. The van der Waals surface area contributed by atoms with Gasteiger partial charge in [0.2, 0.25) is 0 Å². The average Bonchev–Trinajstić information content (AvgIpc) is 3.68. The summed E-state index contributed by atoms with van der Waals surface area (Å²) < 4.78 is 2.38. The van der Waals surface area contributed by atoms with Gasteiger partial charge in [0.1, 0.15) is 0 Å². The Morgan fingerprint density at radius 1 is 0.279 bits per heavy atom. The molecule has 0 N–H and O–H groups in total. The molecule has 2 heterocycles. The van der Waals surface area contributed by atoms with Crippen LogP contribution in [0.15, 0.2) is 218 Å². The molecule has 0 fully saturated rings. The molecule has 4 heteroatoms. The van der Waals surface area contributed by atoms with Gasteiger partial charge in [-0.3, -0.25) is 0 Å². The van der Waals surface area contributed by atoms with Gasteiger partial charge in [0.25, 0.3) is 0 Å². The first-order valence-electron chi connectivity index (χ1n) is 20.7. The van der Waals surface area contributed by atoms with Gasteiger partial charge < -0.3 is 4.57 Å². The molecule has 0 radical (unpaired) electrons. The molecule has 0 aliphatic rings. The first-order chi connectivity index (χ1) is 30.2. The summed E-state index contributed by atoms with van der Waals surface area (Å²) in [4.78, 5) is 14.8. The Kier molecular flexibility index (Phi) is 8.13. The van der Waals surface area contributed by atoms with Crippen LogP contribution in [-0.4, -0.2) is 19.5 Å². The van der Waals surface area contributed by atoms with E-state index in [2.05, 4.69) is 162 Å². The van der Waals surface area contributed by atoms with Crippen LogP contribution in [0.25, 0.3) is 116 Å². The molecule has 0 atom stereocenters. The van der Waals surface area contributed by atoms with Crippen molar-refractivity contribution in [2.24, 2.45) is 0 Å². The fourth-order valence-electron chi connectivity index (χ4n) is 9.01. The fraction of sp³-hybridized carbons (Fsp3) is 0. The molecule has 61 heavy (non-hydrogen) atoms. The Bertz CT molecular complexity index is 3560. The van der Waals surface area contributed by atoms with E-state index in [4.69, 9.17) is 15.0 Å². The van der Waals surface area contributed by atoms with Crippen LogP contribution in [0.5, 0.6) is 0 Å². The quantitative estimate of drug-likeness (QED) is 0.169. The van der Waals surface area contributed by atoms with Crippen LogP contribution < -0.4 is 0 Å². The van der Waals surface area contributed by atoms with E-state index < -0.39 is 0 Å². The maximum Gasteiger partial charge on any atom is 0.164 e. The van der Waals surface area contributed by atoms with E-state index in [0.717, 1.165) is 33.4 Å². The lowest BCUT2D eigenvalue weighted by Crippen LogP contribution is -2.00. The lowest BCUT2D eigenvalue weighted by atomic mass is 9.94. The monoisotopic (exact) mass is 776 g/mol. The summed E-state index contributed by atoms with van der Waals surface area (Å²) in [5.41, 5.74) is 11.1. The second-order valence-corrected chi connectivity index (χ2v) is 15.6. The summed E-state index contributed by atoms with van der Waals surface area (Å²) in [5.74, 6) is 1.94. The van der Waals surface area contributed by atoms with E-state index in [0.29, 0.717) is 17.5 Å². The van der Waals surface area contributed by atoms with Crippen molar-refractivity contribution in [1.29, 1.82) is 0 Å². The number of aromatic nitrogens is 4.